The Morgan fingerprint density at radius 3 is 2.76 bits per heavy atom. The van der Waals surface area contributed by atoms with Crippen LogP contribution in [0.2, 0.25) is 0 Å². The van der Waals surface area contributed by atoms with Gasteiger partial charge in [-0.2, -0.15) is 0 Å². The van der Waals surface area contributed by atoms with E-state index < -0.39 is 6.10 Å². The molecule has 2 atom stereocenters. The molecule has 1 N–H and O–H groups in total. The van der Waals surface area contributed by atoms with E-state index in [0.29, 0.717) is 59.2 Å². The summed E-state index contributed by atoms with van der Waals surface area (Å²) in [5, 5.41) is 3.07. The number of benzene rings is 3. The van der Waals surface area contributed by atoms with Gasteiger partial charge in [0.15, 0.2) is 23.0 Å². The van der Waals surface area contributed by atoms with Crippen LogP contribution in [-0.2, 0) is 27.4 Å². The second kappa shape index (κ2) is 13.0. The highest BCUT2D eigenvalue weighted by Crippen LogP contribution is 2.33. The maximum atomic E-state index is 13.6. The smallest absolute Gasteiger partial charge is 0.254 e. The van der Waals surface area contributed by atoms with Gasteiger partial charge in [-0.3, -0.25) is 14.4 Å². The van der Waals surface area contributed by atoms with Crippen LogP contribution in [0.15, 0.2) is 65.1 Å². The highest BCUT2D eigenvalue weighted by atomic mass is 16.5. The number of fused-ring (bicyclic) bond motifs is 10. The van der Waals surface area contributed by atoms with Gasteiger partial charge in [0.05, 0.1) is 32.4 Å². The molecule has 1 fully saturated rings. The number of piperidine rings is 1. The number of oxazole rings is 1. The molecule has 3 aromatic carbocycles. The topological polar surface area (TPSA) is 123 Å². The van der Waals surface area contributed by atoms with Crippen molar-refractivity contribution in [3.8, 4) is 17.2 Å². The Kier molecular flexibility index (Phi) is 8.70. The maximum absolute atomic E-state index is 13.6. The van der Waals surface area contributed by atoms with Crippen molar-refractivity contribution in [3.63, 3.8) is 0 Å². The number of ether oxygens (including phenoxy) is 3. The Morgan fingerprint density at radius 1 is 1.04 bits per heavy atom. The summed E-state index contributed by atoms with van der Waals surface area (Å²) in [7, 11) is 3.20. The van der Waals surface area contributed by atoms with Crippen molar-refractivity contribution < 1.29 is 33.0 Å². The van der Waals surface area contributed by atoms with Crippen molar-refractivity contribution in [2.75, 3.05) is 33.8 Å². The number of likely N-dealkylation sites (tertiary alicyclic amines) is 1. The maximum Gasteiger partial charge on any atom is 0.254 e. The number of nitrogens with one attached hydrogen (secondary N) is 1. The van der Waals surface area contributed by atoms with Crippen LogP contribution in [0.4, 0.5) is 0 Å². The molecule has 0 saturated carbocycles. The van der Waals surface area contributed by atoms with E-state index in [9.17, 15) is 14.4 Å². The van der Waals surface area contributed by atoms with E-state index in [1.165, 1.54) is 4.90 Å². The predicted octanol–water partition coefficient (Wildman–Crippen LogP) is 4.26. The monoisotopic (exact) mass is 612 g/mol. The summed E-state index contributed by atoms with van der Waals surface area (Å²) < 4.78 is 23.8. The molecule has 11 nitrogen and oxygen atoms in total. The minimum Gasteiger partial charge on any atom is -0.493 e. The number of carbonyl (C=O) groups is 3. The van der Waals surface area contributed by atoms with E-state index in [1.807, 2.05) is 42.5 Å². The number of likely N-dealkylation sites (N-methyl/N-ethyl adjacent to an activating group) is 1. The summed E-state index contributed by atoms with van der Waals surface area (Å²) in [5.74, 6) is 1.66. The molecule has 3 amide bonds. The molecule has 0 radical (unpaired) electrons. The molecule has 4 bridgehead atoms. The fraction of sp³-hybridized carbons (Fsp3) is 0.353. The van der Waals surface area contributed by atoms with Gasteiger partial charge in [0.1, 0.15) is 11.3 Å². The third-order valence-electron chi connectivity index (χ3n) is 8.19. The summed E-state index contributed by atoms with van der Waals surface area (Å²) in [4.78, 5) is 47.1. The average molecular weight is 613 g/mol. The predicted molar refractivity (Wildman–Crippen MR) is 165 cm³/mol. The second-order valence-electron chi connectivity index (χ2n) is 11.5. The number of hydrogen-bond donors (Lipinski definition) is 1. The number of nitrogens with zero attached hydrogens (tertiary/aromatic N) is 3. The van der Waals surface area contributed by atoms with Gasteiger partial charge in [-0.1, -0.05) is 18.2 Å². The van der Waals surface area contributed by atoms with Gasteiger partial charge in [0, 0.05) is 39.0 Å². The first-order valence-electron chi connectivity index (χ1n) is 15.0. The summed E-state index contributed by atoms with van der Waals surface area (Å²) in [6.45, 7) is 2.61. The Balaban J connectivity index is 1.25. The molecule has 45 heavy (non-hydrogen) atoms. The van der Waals surface area contributed by atoms with E-state index in [1.54, 1.807) is 44.2 Å². The molecule has 234 valence electrons. The number of aryl methyl sites for hydroxylation is 2. The van der Waals surface area contributed by atoms with Crippen LogP contribution in [0.1, 0.15) is 40.2 Å². The number of rotatable bonds is 2. The van der Waals surface area contributed by atoms with Gasteiger partial charge in [0.2, 0.25) is 11.8 Å². The van der Waals surface area contributed by atoms with E-state index >= 15 is 0 Å². The molecule has 4 aromatic rings. The van der Waals surface area contributed by atoms with Crippen LogP contribution in [0.5, 0.6) is 17.2 Å². The lowest BCUT2D eigenvalue weighted by Gasteiger charge is -2.39. The number of hydrogen-bond acceptors (Lipinski definition) is 8. The highest BCUT2D eigenvalue weighted by Gasteiger charge is 2.34. The second-order valence-corrected chi connectivity index (χ2v) is 11.5. The zero-order valence-corrected chi connectivity index (χ0v) is 25.6. The molecule has 0 unspecified atom stereocenters. The van der Waals surface area contributed by atoms with Crippen molar-refractivity contribution in [3.05, 3.63) is 83.2 Å². The van der Waals surface area contributed by atoms with Gasteiger partial charge in [-0.15, -0.1) is 0 Å². The number of methoxy groups -OCH3 is 1. The first-order chi connectivity index (χ1) is 21.7. The van der Waals surface area contributed by atoms with Gasteiger partial charge in [0.25, 0.3) is 5.91 Å². The molecule has 4 heterocycles. The van der Waals surface area contributed by atoms with Crippen molar-refractivity contribution in [1.29, 1.82) is 0 Å². The van der Waals surface area contributed by atoms with Crippen LogP contribution >= 0.6 is 0 Å². The summed E-state index contributed by atoms with van der Waals surface area (Å²) >= 11 is 0. The lowest BCUT2D eigenvalue weighted by atomic mass is 10.00. The third kappa shape index (κ3) is 6.93. The SMILES string of the molecule is COc1cc2ccc1Oc1cccc(c1)CO[C@H]1CN(C(=O)c3ccc4nc(C)oc4c3)CC[C@@H]1NC(=O)CN(C)C(=O)CC2. The fourth-order valence-electron chi connectivity index (χ4n) is 5.77. The molecule has 11 heteroatoms. The molecule has 1 saturated heterocycles. The summed E-state index contributed by atoms with van der Waals surface area (Å²) in [5.41, 5.74) is 3.53. The average Bonchev–Trinajstić information content (AvgIpc) is 3.42. The van der Waals surface area contributed by atoms with Crippen molar-refractivity contribution in [2.45, 2.75) is 44.9 Å². The molecule has 3 aliphatic heterocycles. The number of aromatic nitrogens is 1. The Morgan fingerprint density at radius 2 is 1.91 bits per heavy atom. The van der Waals surface area contributed by atoms with Gasteiger partial charge in [-0.05, 0) is 66.4 Å². The molecule has 0 spiro atoms. The van der Waals surface area contributed by atoms with Crippen LogP contribution < -0.4 is 14.8 Å². The first-order valence-corrected chi connectivity index (χ1v) is 15.0. The van der Waals surface area contributed by atoms with Crippen LogP contribution in [-0.4, -0.2) is 78.4 Å². The Bertz CT molecular complexity index is 1730. The van der Waals surface area contributed by atoms with Crippen molar-refractivity contribution >= 4 is 28.8 Å². The van der Waals surface area contributed by atoms with Gasteiger partial charge < -0.3 is 33.7 Å². The van der Waals surface area contributed by atoms with E-state index in [4.69, 9.17) is 18.6 Å². The van der Waals surface area contributed by atoms with Crippen molar-refractivity contribution in [1.82, 2.24) is 20.1 Å². The Labute approximate surface area is 261 Å². The molecular formula is C34H36N4O7. The quantitative estimate of drug-likeness (QED) is 0.356. The minimum atomic E-state index is -0.497. The van der Waals surface area contributed by atoms with E-state index in [-0.39, 0.29) is 49.9 Å². The number of amides is 3. The fourth-order valence-corrected chi connectivity index (χ4v) is 5.77. The van der Waals surface area contributed by atoms with Crippen LogP contribution in [0, 0.1) is 6.92 Å². The molecule has 1 aromatic heterocycles. The van der Waals surface area contributed by atoms with Gasteiger partial charge >= 0.3 is 0 Å². The molecule has 3 aliphatic rings. The zero-order chi connectivity index (χ0) is 31.5. The lowest BCUT2D eigenvalue weighted by Crippen LogP contribution is -2.57. The van der Waals surface area contributed by atoms with Crippen molar-refractivity contribution in [2.24, 2.45) is 0 Å². The van der Waals surface area contributed by atoms with E-state index in [2.05, 4.69) is 10.3 Å². The summed E-state index contributed by atoms with van der Waals surface area (Å²) in [6.07, 6.45) is 0.715. The standard InChI is InChI=1S/C34H36N4O7/c1-21-35-26-10-9-24(17-29(26)44-21)34(41)38-14-13-27-31(18-38)43-20-23-5-4-6-25(15-23)45-28-11-7-22(16-30(28)42-3)8-12-33(40)37(2)19-32(39)36-27/h4-7,9-11,15-17,27,31H,8,12-14,18-20H2,1-3H3,(H,36,39)/t27-,31-/m0/s1. The summed E-state index contributed by atoms with van der Waals surface area (Å²) in [6, 6.07) is 18.0. The normalized spacial score (nSPS) is 19.6. The minimum absolute atomic E-state index is 0.0839. The molecule has 0 aliphatic carbocycles. The molecular weight excluding hydrogens is 576 g/mol. The zero-order valence-electron chi connectivity index (χ0n) is 25.6. The van der Waals surface area contributed by atoms with Crippen LogP contribution in [0.3, 0.4) is 0 Å². The van der Waals surface area contributed by atoms with E-state index in [0.717, 1.165) is 11.1 Å². The lowest BCUT2D eigenvalue weighted by molar-refractivity contribution is -0.135. The highest BCUT2D eigenvalue weighted by molar-refractivity contribution is 5.97. The number of carbonyl (C=O) groups excluding carboxylic acids is 3. The first kappa shape index (κ1) is 30.1. The largest absolute Gasteiger partial charge is 0.493 e. The third-order valence-corrected chi connectivity index (χ3v) is 8.19. The van der Waals surface area contributed by atoms with Crippen LogP contribution in [0.25, 0.3) is 11.1 Å². The van der Waals surface area contributed by atoms with Gasteiger partial charge in [-0.25, -0.2) is 4.98 Å². The molecule has 7 rings (SSSR count). The Hall–Kier alpha value is -4.90.